The summed E-state index contributed by atoms with van der Waals surface area (Å²) in [5.41, 5.74) is 0. The number of pyridine rings is 1. The van der Waals surface area contributed by atoms with E-state index in [1.54, 1.807) is 0 Å². The lowest BCUT2D eigenvalue weighted by atomic mass is 10.1. The van der Waals surface area contributed by atoms with Crippen LogP contribution in [0.4, 0.5) is 5.82 Å². The minimum Gasteiger partial charge on any atom is -0.478 e. The Morgan fingerprint density at radius 3 is 2.75 bits per heavy atom. The van der Waals surface area contributed by atoms with Gasteiger partial charge in [-0.15, -0.1) is 0 Å². The molecule has 1 aromatic heterocycles. The van der Waals surface area contributed by atoms with Gasteiger partial charge in [0.1, 0.15) is 5.82 Å². The van der Waals surface area contributed by atoms with E-state index in [9.17, 15) is 5.11 Å². The fourth-order valence-electron chi connectivity index (χ4n) is 1.34. The van der Waals surface area contributed by atoms with E-state index in [2.05, 4.69) is 24.1 Å². The van der Waals surface area contributed by atoms with Gasteiger partial charge in [0.15, 0.2) is 0 Å². The zero-order valence-corrected chi connectivity index (χ0v) is 10.1. The highest BCUT2D eigenvalue weighted by Crippen LogP contribution is 2.14. The average molecular weight is 224 g/mol. The number of nitrogens with zero attached hydrogens (tertiary/aromatic N) is 1. The Balaban J connectivity index is 2.68. The van der Waals surface area contributed by atoms with Crippen molar-refractivity contribution in [3.63, 3.8) is 0 Å². The van der Waals surface area contributed by atoms with Gasteiger partial charge in [-0.3, -0.25) is 0 Å². The molecule has 0 aromatic carbocycles. The summed E-state index contributed by atoms with van der Waals surface area (Å²) in [6.07, 6.45) is 0. The highest BCUT2D eigenvalue weighted by molar-refractivity contribution is 5.38. The summed E-state index contributed by atoms with van der Waals surface area (Å²) in [4.78, 5) is 4.29. The predicted octanol–water partition coefficient (Wildman–Crippen LogP) is 1.91. The van der Waals surface area contributed by atoms with Gasteiger partial charge in [-0.2, -0.15) is 4.98 Å². The van der Waals surface area contributed by atoms with Crippen LogP contribution >= 0.6 is 0 Å². The van der Waals surface area contributed by atoms with Crippen LogP contribution in [0.2, 0.25) is 0 Å². The molecule has 0 aliphatic carbocycles. The maximum atomic E-state index is 9.21. The van der Waals surface area contributed by atoms with Crippen molar-refractivity contribution in [1.29, 1.82) is 0 Å². The number of aromatic nitrogens is 1. The van der Waals surface area contributed by atoms with Crippen molar-refractivity contribution >= 4 is 5.82 Å². The second-order valence-corrected chi connectivity index (χ2v) is 3.97. The molecule has 1 atom stereocenters. The van der Waals surface area contributed by atoms with Crippen LogP contribution in [0, 0.1) is 5.92 Å². The largest absolute Gasteiger partial charge is 0.478 e. The number of aliphatic hydroxyl groups excluding tert-OH is 1. The Morgan fingerprint density at radius 2 is 2.19 bits per heavy atom. The van der Waals surface area contributed by atoms with Crippen molar-refractivity contribution in [2.24, 2.45) is 5.92 Å². The number of hydrogen-bond acceptors (Lipinski definition) is 4. The molecule has 0 saturated carbocycles. The molecular formula is C12H20N2O2. The van der Waals surface area contributed by atoms with Gasteiger partial charge in [0.2, 0.25) is 5.88 Å². The van der Waals surface area contributed by atoms with Crippen molar-refractivity contribution in [1.82, 2.24) is 4.98 Å². The van der Waals surface area contributed by atoms with E-state index < -0.39 is 0 Å². The minimum atomic E-state index is 0.0179. The smallest absolute Gasteiger partial charge is 0.215 e. The monoisotopic (exact) mass is 224 g/mol. The second kappa shape index (κ2) is 6.33. The Morgan fingerprint density at radius 1 is 1.44 bits per heavy atom. The summed E-state index contributed by atoms with van der Waals surface area (Å²) in [5, 5.41) is 12.4. The third kappa shape index (κ3) is 3.70. The molecule has 0 radical (unpaired) electrons. The molecule has 0 unspecified atom stereocenters. The standard InChI is InChI=1S/C12H20N2O2/c1-4-16-12-7-5-6-11(14-12)13-10(8-15)9(2)3/h5-7,9-10,15H,4,8H2,1-3H3,(H,13,14)/t10-/m1/s1. The zero-order chi connectivity index (χ0) is 12.0. The highest BCUT2D eigenvalue weighted by atomic mass is 16.5. The molecule has 16 heavy (non-hydrogen) atoms. The third-order valence-corrected chi connectivity index (χ3v) is 2.35. The molecule has 0 amide bonds. The zero-order valence-electron chi connectivity index (χ0n) is 10.1. The van der Waals surface area contributed by atoms with Gasteiger partial charge in [-0.1, -0.05) is 19.9 Å². The van der Waals surface area contributed by atoms with Crippen LogP contribution in [0.25, 0.3) is 0 Å². The van der Waals surface area contributed by atoms with Gasteiger partial charge >= 0.3 is 0 Å². The molecular weight excluding hydrogens is 204 g/mol. The van der Waals surface area contributed by atoms with Gasteiger partial charge in [0.05, 0.1) is 19.3 Å². The van der Waals surface area contributed by atoms with Crippen LogP contribution in [-0.2, 0) is 0 Å². The molecule has 90 valence electrons. The average Bonchev–Trinajstić information content (AvgIpc) is 2.26. The van der Waals surface area contributed by atoms with Crippen molar-refractivity contribution in [3.8, 4) is 5.88 Å². The molecule has 1 aromatic rings. The number of anilines is 1. The summed E-state index contributed by atoms with van der Waals surface area (Å²) in [6.45, 7) is 6.73. The van der Waals surface area contributed by atoms with Gasteiger partial charge in [-0.25, -0.2) is 0 Å². The van der Waals surface area contributed by atoms with E-state index in [1.165, 1.54) is 0 Å². The lowest BCUT2D eigenvalue weighted by Gasteiger charge is -2.20. The molecule has 0 aliphatic heterocycles. The predicted molar refractivity (Wildman–Crippen MR) is 64.7 cm³/mol. The van der Waals surface area contributed by atoms with E-state index in [1.807, 2.05) is 25.1 Å². The maximum absolute atomic E-state index is 9.21. The third-order valence-electron chi connectivity index (χ3n) is 2.35. The molecule has 1 heterocycles. The number of hydrogen-bond donors (Lipinski definition) is 2. The van der Waals surface area contributed by atoms with Gasteiger partial charge in [0.25, 0.3) is 0 Å². The first-order chi connectivity index (χ1) is 7.67. The van der Waals surface area contributed by atoms with Crippen LogP contribution in [-0.4, -0.2) is 29.3 Å². The van der Waals surface area contributed by atoms with E-state index in [-0.39, 0.29) is 12.6 Å². The summed E-state index contributed by atoms with van der Waals surface area (Å²) in [7, 11) is 0. The fourth-order valence-corrected chi connectivity index (χ4v) is 1.34. The Bertz CT molecular complexity index is 316. The fraction of sp³-hybridized carbons (Fsp3) is 0.583. The van der Waals surface area contributed by atoms with Crippen LogP contribution in [0.3, 0.4) is 0 Å². The molecule has 4 nitrogen and oxygen atoms in total. The molecule has 0 aliphatic rings. The first-order valence-electron chi connectivity index (χ1n) is 5.64. The lowest BCUT2D eigenvalue weighted by molar-refractivity contribution is 0.249. The number of aliphatic hydroxyl groups is 1. The SMILES string of the molecule is CCOc1cccc(N[C@H](CO)C(C)C)n1. The van der Waals surface area contributed by atoms with Gasteiger partial charge in [-0.05, 0) is 18.9 Å². The summed E-state index contributed by atoms with van der Waals surface area (Å²) >= 11 is 0. The van der Waals surface area contributed by atoms with Gasteiger partial charge in [0, 0.05) is 6.07 Å². The molecule has 0 saturated heterocycles. The topological polar surface area (TPSA) is 54.4 Å². The molecule has 1 rings (SSSR count). The van der Waals surface area contributed by atoms with E-state index >= 15 is 0 Å². The Labute approximate surface area is 96.7 Å². The van der Waals surface area contributed by atoms with E-state index in [0.717, 1.165) is 5.82 Å². The number of rotatable bonds is 6. The van der Waals surface area contributed by atoms with Crippen molar-refractivity contribution in [2.45, 2.75) is 26.8 Å². The molecule has 0 fully saturated rings. The van der Waals surface area contributed by atoms with Crippen LogP contribution in [0.1, 0.15) is 20.8 Å². The minimum absolute atomic E-state index is 0.0179. The maximum Gasteiger partial charge on any atom is 0.215 e. The molecule has 2 N–H and O–H groups in total. The van der Waals surface area contributed by atoms with Crippen LogP contribution in [0.5, 0.6) is 5.88 Å². The normalized spacial score (nSPS) is 12.6. The molecule has 4 heteroatoms. The van der Waals surface area contributed by atoms with Crippen molar-refractivity contribution in [2.75, 3.05) is 18.5 Å². The second-order valence-electron chi connectivity index (χ2n) is 3.97. The number of ether oxygens (including phenoxy) is 1. The highest BCUT2D eigenvalue weighted by Gasteiger charge is 2.12. The Hall–Kier alpha value is -1.29. The van der Waals surface area contributed by atoms with Gasteiger partial charge < -0.3 is 15.2 Å². The van der Waals surface area contributed by atoms with E-state index in [4.69, 9.17) is 4.74 Å². The van der Waals surface area contributed by atoms with Crippen molar-refractivity contribution in [3.05, 3.63) is 18.2 Å². The lowest BCUT2D eigenvalue weighted by Crippen LogP contribution is -2.29. The summed E-state index contributed by atoms with van der Waals surface area (Å²) < 4.78 is 5.31. The first-order valence-corrected chi connectivity index (χ1v) is 5.64. The Kier molecular flexibility index (Phi) is 5.05. The van der Waals surface area contributed by atoms with E-state index in [0.29, 0.717) is 18.4 Å². The quantitative estimate of drug-likeness (QED) is 0.775. The molecule has 0 spiro atoms. The summed E-state index contributed by atoms with van der Waals surface area (Å²) in [5.74, 6) is 1.69. The first kappa shape index (κ1) is 12.8. The molecule has 0 bridgehead atoms. The van der Waals surface area contributed by atoms with Crippen LogP contribution in [0.15, 0.2) is 18.2 Å². The van der Waals surface area contributed by atoms with Crippen LogP contribution < -0.4 is 10.1 Å². The van der Waals surface area contributed by atoms with Crippen molar-refractivity contribution < 1.29 is 9.84 Å². The number of nitrogens with one attached hydrogen (secondary N) is 1. The summed E-state index contributed by atoms with van der Waals surface area (Å²) in [6, 6.07) is 5.59.